The standard InChI is InChI=1S/C21H20ClN3O2/c1-27-18-5-2-4-15(14-18)20-19-6-3-11-24(19)12-13-25(20)21(26)23-17-9-7-16(22)8-10-17/h2-11,14,20H,12-13H2,1H3,(H,23,26). The number of carbonyl (C=O) groups excluding carboxylic acids is 1. The van der Waals surface area contributed by atoms with E-state index in [0.29, 0.717) is 11.6 Å². The van der Waals surface area contributed by atoms with E-state index < -0.39 is 0 Å². The molecule has 0 spiro atoms. The molecule has 5 nitrogen and oxygen atoms in total. The number of hydrogen-bond donors (Lipinski definition) is 1. The number of halogens is 1. The van der Waals surface area contributed by atoms with Crippen LogP contribution in [0, 0.1) is 0 Å². The van der Waals surface area contributed by atoms with Crippen LogP contribution in [0.25, 0.3) is 0 Å². The minimum atomic E-state index is -0.184. The largest absolute Gasteiger partial charge is 0.497 e. The van der Waals surface area contributed by atoms with Crippen molar-refractivity contribution in [2.75, 3.05) is 19.0 Å². The molecule has 0 saturated heterocycles. The highest BCUT2D eigenvalue weighted by Gasteiger charge is 2.32. The summed E-state index contributed by atoms with van der Waals surface area (Å²) >= 11 is 5.93. The van der Waals surface area contributed by atoms with Crippen molar-refractivity contribution in [2.24, 2.45) is 0 Å². The van der Waals surface area contributed by atoms with Gasteiger partial charge in [-0.15, -0.1) is 0 Å². The van der Waals surface area contributed by atoms with Gasteiger partial charge in [0, 0.05) is 35.7 Å². The van der Waals surface area contributed by atoms with Gasteiger partial charge in [0.05, 0.1) is 13.2 Å². The van der Waals surface area contributed by atoms with Crippen LogP contribution in [0.4, 0.5) is 10.5 Å². The molecule has 2 heterocycles. The van der Waals surface area contributed by atoms with Crippen molar-refractivity contribution >= 4 is 23.3 Å². The van der Waals surface area contributed by atoms with Crippen LogP contribution in [0.2, 0.25) is 5.02 Å². The summed E-state index contributed by atoms with van der Waals surface area (Å²) in [7, 11) is 1.65. The molecule has 1 aromatic heterocycles. The third-order valence-corrected chi connectivity index (χ3v) is 5.06. The van der Waals surface area contributed by atoms with Crippen LogP contribution in [0.5, 0.6) is 5.75 Å². The summed E-state index contributed by atoms with van der Waals surface area (Å²) in [6.45, 7) is 1.37. The van der Waals surface area contributed by atoms with Crippen LogP contribution >= 0.6 is 11.6 Å². The Hall–Kier alpha value is -2.92. The quantitative estimate of drug-likeness (QED) is 0.709. The lowest BCUT2D eigenvalue weighted by Crippen LogP contribution is -2.44. The summed E-state index contributed by atoms with van der Waals surface area (Å²) in [6, 6.07) is 18.7. The molecule has 3 aromatic rings. The number of ether oxygens (including phenoxy) is 1. The van der Waals surface area contributed by atoms with Crippen molar-refractivity contribution in [3.05, 3.63) is 83.1 Å². The summed E-state index contributed by atoms with van der Waals surface area (Å²) in [6.07, 6.45) is 2.05. The molecule has 0 saturated carbocycles. The number of methoxy groups -OCH3 is 1. The topological polar surface area (TPSA) is 46.5 Å². The van der Waals surface area contributed by atoms with Crippen molar-refractivity contribution in [1.82, 2.24) is 9.47 Å². The zero-order valence-corrected chi connectivity index (χ0v) is 15.7. The lowest BCUT2D eigenvalue weighted by Gasteiger charge is -2.37. The smallest absolute Gasteiger partial charge is 0.322 e. The first-order chi connectivity index (χ1) is 13.2. The molecule has 1 atom stereocenters. The Morgan fingerprint density at radius 3 is 2.70 bits per heavy atom. The van der Waals surface area contributed by atoms with Gasteiger partial charge in [-0.3, -0.25) is 0 Å². The fourth-order valence-corrected chi connectivity index (χ4v) is 3.62. The van der Waals surface area contributed by atoms with E-state index in [1.807, 2.05) is 35.2 Å². The first kappa shape index (κ1) is 17.5. The maximum Gasteiger partial charge on any atom is 0.322 e. The van der Waals surface area contributed by atoms with E-state index >= 15 is 0 Å². The van der Waals surface area contributed by atoms with E-state index in [4.69, 9.17) is 16.3 Å². The summed E-state index contributed by atoms with van der Waals surface area (Å²) in [5, 5.41) is 3.62. The molecule has 27 heavy (non-hydrogen) atoms. The Kier molecular flexibility index (Phi) is 4.77. The Morgan fingerprint density at radius 2 is 1.93 bits per heavy atom. The maximum absolute atomic E-state index is 13.1. The number of fused-ring (bicyclic) bond motifs is 1. The molecule has 2 aromatic carbocycles. The molecule has 2 amide bonds. The van der Waals surface area contributed by atoms with Crippen LogP contribution in [-0.4, -0.2) is 29.2 Å². The molecule has 1 N–H and O–H groups in total. The van der Waals surface area contributed by atoms with E-state index in [1.165, 1.54) is 0 Å². The van der Waals surface area contributed by atoms with Crippen molar-refractivity contribution in [3.8, 4) is 5.75 Å². The Morgan fingerprint density at radius 1 is 1.11 bits per heavy atom. The molecule has 1 aliphatic heterocycles. The molecule has 0 fully saturated rings. The van der Waals surface area contributed by atoms with Crippen LogP contribution in [0.1, 0.15) is 17.3 Å². The van der Waals surface area contributed by atoms with Gasteiger partial charge in [-0.1, -0.05) is 23.7 Å². The number of urea groups is 1. The number of aromatic nitrogens is 1. The third kappa shape index (κ3) is 3.51. The second-order valence-electron chi connectivity index (χ2n) is 6.44. The first-order valence-electron chi connectivity index (χ1n) is 8.78. The number of nitrogens with one attached hydrogen (secondary N) is 1. The number of anilines is 1. The van der Waals surface area contributed by atoms with Gasteiger partial charge in [0.15, 0.2) is 0 Å². The Labute approximate surface area is 163 Å². The molecule has 1 aliphatic rings. The molecule has 0 aliphatic carbocycles. The maximum atomic E-state index is 13.1. The number of rotatable bonds is 3. The van der Waals surface area contributed by atoms with Gasteiger partial charge in [-0.05, 0) is 54.1 Å². The molecular formula is C21H20ClN3O2. The van der Waals surface area contributed by atoms with Gasteiger partial charge in [0.25, 0.3) is 0 Å². The van der Waals surface area contributed by atoms with E-state index in [0.717, 1.165) is 29.2 Å². The van der Waals surface area contributed by atoms with Crippen LogP contribution < -0.4 is 10.1 Å². The van der Waals surface area contributed by atoms with Crippen molar-refractivity contribution < 1.29 is 9.53 Å². The van der Waals surface area contributed by atoms with Gasteiger partial charge in [0.1, 0.15) is 5.75 Å². The number of amides is 2. The van der Waals surface area contributed by atoms with Gasteiger partial charge >= 0.3 is 6.03 Å². The van der Waals surface area contributed by atoms with Gasteiger partial charge in [0.2, 0.25) is 0 Å². The van der Waals surface area contributed by atoms with Crippen LogP contribution in [0.15, 0.2) is 66.9 Å². The fourth-order valence-electron chi connectivity index (χ4n) is 3.49. The van der Waals surface area contributed by atoms with Gasteiger partial charge < -0.3 is 19.5 Å². The highest BCUT2D eigenvalue weighted by atomic mass is 35.5. The predicted octanol–water partition coefficient (Wildman–Crippen LogP) is 4.79. The second-order valence-corrected chi connectivity index (χ2v) is 6.87. The highest BCUT2D eigenvalue weighted by molar-refractivity contribution is 6.30. The van der Waals surface area contributed by atoms with Crippen LogP contribution in [-0.2, 0) is 6.54 Å². The van der Waals surface area contributed by atoms with E-state index in [-0.39, 0.29) is 12.1 Å². The fraction of sp³-hybridized carbons (Fsp3) is 0.190. The SMILES string of the molecule is COc1cccc(C2c3cccn3CCN2C(=O)Nc2ccc(Cl)cc2)c1. The molecule has 0 bridgehead atoms. The molecular weight excluding hydrogens is 362 g/mol. The summed E-state index contributed by atoms with van der Waals surface area (Å²) in [5.41, 5.74) is 2.82. The van der Waals surface area contributed by atoms with Crippen LogP contribution in [0.3, 0.4) is 0 Å². The molecule has 138 valence electrons. The number of benzene rings is 2. The molecule has 4 rings (SSSR count). The van der Waals surface area contributed by atoms with Crippen molar-refractivity contribution in [2.45, 2.75) is 12.6 Å². The minimum absolute atomic E-state index is 0.141. The number of carbonyl (C=O) groups is 1. The number of hydrogen-bond acceptors (Lipinski definition) is 2. The predicted molar refractivity (Wildman–Crippen MR) is 106 cm³/mol. The van der Waals surface area contributed by atoms with Crippen molar-refractivity contribution in [3.63, 3.8) is 0 Å². The molecule has 0 radical (unpaired) electrons. The minimum Gasteiger partial charge on any atom is -0.497 e. The summed E-state index contributed by atoms with van der Waals surface area (Å²) in [5.74, 6) is 0.772. The average Bonchev–Trinajstić information content (AvgIpc) is 3.17. The van der Waals surface area contributed by atoms with E-state index in [1.54, 1.807) is 31.4 Å². The van der Waals surface area contributed by atoms with Gasteiger partial charge in [-0.2, -0.15) is 0 Å². The normalized spacial score (nSPS) is 15.9. The average molecular weight is 382 g/mol. The summed E-state index contributed by atoms with van der Waals surface area (Å²) < 4.78 is 7.57. The monoisotopic (exact) mass is 381 g/mol. The zero-order chi connectivity index (χ0) is 18.8. The summed E-state index contributed by atoms with van der Waals surface area (Å²) in [4.78, 5) is 14.9. The zero-order valence-electron chi connectivity index (χ0n) is 14.9. The van der Waals surface area contributed by atoms with E-state index in [9.17, 15) is 4.79 Å². The Balaban J connectivity index is 1.67. The van der Waals surface area contributed by atoms with E-state index in [2.05, 4.69) is 22.1 Å². The number of nitrogens with zero attached hydrogens (tertiary/aromatic N) is 2. The molecule has 6 heteroatoms. The lowest BCUT2D eigenvalue weighted by molar-refractivity contribution is 0.181. The lowest BCUT2D eigenvalue weighted by atomic mass is 10.00. The molecule has 1 unspecified atom stereocenters. The Bertz CT molecular complexity index is 952. The highest BCUT2D eigenvalue weighted by Crippen LogP contribution is 2.34. The first-order valence-corrected chi connectivity index (χ1v) is 9.15. The third-order valence-electron chi connectivity index (χ3n) is 4.80. The second kappa shape index (κ2) is 7.37. The van der Waals surface area contributed by atoms with Crippen molar-refractivity contribution in [1.29, 1.82) is 0 Å². The van der Waals surface area contributed by atoms with Gasteiger partial charge in [-0.25, -0.2) is 4.79 Å².